The summed E-state index contributed by atoms with van der Waals surface area (Å²) in [7, 11) is 0. The van der Waals surface area contributed by atoms with E-state index in [0.717, 1.165) is 23.3 Å². The number of likely N-dealkylation sites (tertiary alicyclic amines) is 1. The number of nitrogens with zero attached hydrogens (tertiary/aromatic N) is 2. The van der Waals surface area contributed by atoms with Gasteiger partial charge < -0.3 is 15.0 Å². The smallest absolute Gasteiger partial charge is 0.253 e. The number of aromatic nitrogens is 1. The summed E-state index contributed by atoms with van der Waals surface area (Å²) in [6.07, 6.45) is 3.92. The van der Waals surface area contributed by atoms with Crippen molar-refractivity contribution in [3.8, 4) is 5.75 Å². The summed E-state index contributed by atoms with van der Waals surface area (Å²) in [6, 6.07) is 9.38. The molecule has 6 nitrogen and oxygen atoms in total. The second-order valence-electron chi connectivity index (χ2n) is 7.20. The lowest BCUT2D eigenvalue weighted by molar-refractivity contribution is -0.121. The van der Waals surface area contributed by atoms with E-state index < -0.39 is 0 Å². The number of nitrogens with one attached hydrogen (secondary N) is 1. The van der Waals surface area contributed by atoms with E-state index in [4.69, 9.17) is 4.74 Å². The van der Waals surface area contributed by atoms with Crippen LogP contribution in [0.5, 0.6) is 5.75 Å². The van der Waals surface area contributed by atoms with Gasteiger partial charge in [-0.2, -0.15) is 0 Å². The van der Waals surface area contributed by atoms with Crippen molar-refractivity contribution in [1.82, 2.24) is 9.88 Å². The van der Waals surface area contributed by atoms with Crippen molar-refractivity contribution in [2.24, 2.45) is 5.92 Å². The first-order valence-corrected chi connectivity index (χ1v) is 9.39. The quantitative estimate of drug-likeness (QED) is 0.908. The van der Waals surface area contributed by atoms with E-state index in [1.807, 2.05) is 42.2 Å². The third kappa shape index (κ3) is 3.79. The van der Waals surface area contributed by atoms with Crippen molar-refractivity contribution in [1.29, 1.82) is 0 Å². The minimum absolute atomic E-state index is 0.0202. The molecule has 2 aliphatic heterocycles. The number of pyridine rings is 1. The number of ether oxygens (including phenoxy) is 1. The largest absolute Gasteiger partial charge is 0.493 e. The average Bonchev–Trinajstić information content (AvgIpc) is 3.17. The van der Waals surface area contributed by atoms with Crippen LogP contribution >= 0.6 is 0 Å². The van der Waals surface area contributed by atoms with Crippen molar-refractivity contribution in [2.75, 3.05) is 25.0 Å². The van der Waals surface area contributed by atoms with Crippen LogP contribution < -0.4 is 10.1 Å². The van der Waals surface area contributed by atoms with E-state index in [-0.39, 0.29) is 17.7 Å². The number of anilines is 1. The molecule has 1 aromatic heterocycles. The van der Waals surface area contributed by atoms with Crippen LogP contribution in [0.25, 0.3) is 0 Å². The van der Waals surface area contributed by atoms with Gasteiger partial charge in [0.05, 0.1) is 6.61 Å². The molecule has 0 atom stereocenters. The molecule has 1 fully saturated rings. The molecule has 27 heavy (non-hydrogen) atoms. The van der Waals surface area contributed by atoms with Crippen molar-refractivity contribution in [3.05, 3.63) is 53.2 Å². The summed E-state index contributed by atoms with van der Waals surface area (Å²) >= 11 is 0. The Bertz CT molecular complexity index is 855. The van der Waals surface area contributed by atoms with Gasteiger partial charge in [0.25, 0.3) is 5.91 Å². The Balaban J connectivity index is 1.33. The molecular weight excluding hydrogens is 342 g/mol. The number of piperidine rings is 1. The lowest BCUT2D eigenvalue weighted by Crippen LogP contribution is -2.41. The number of benzene rings is 1. The molecule has 0 bridgehead atoms. The van der Waals surface area contributed by atoms with Gasteiger partial charge in [0.15, 0.2) is 0 Å². The first-order chi connectivity index (χ1) is 13.1. The van der Waals surface area contributed by atoms with Gasteiger partial charge in [-0.25, -0.2) is 4.98 Å². The maximum absolute atomic E-state index is 12.8. The first-order valence-electron chi connectivity index (χ1n) is 9.39. The highest BCUT2D eigenvalue weighted by atomic mass is 16.5. The number of hydrogen-bond donors (Lipinski definition) is 1. The fraction of sp³-hybridized carbons (Fsp3) is 0.381. The van der Waals surface area contributed by atoms with Crippen molar-refractivity contribution >= 4 is 17.6 Å². The molecule has 0 aliphatic carbocycles. The Morgan fingerprint density at radius 1 is 1.19 bits per heavy atom. The fourth-order valence-electron chi connectivity index (χ4n) is 3.62. The molecule has 1 aromatic carbocycles. The normalized spacial score (nSPS) is 16.6. The standard InChI is InChI=1S/C21H23N3O3/c1-14-2-5-19(22-13-14)23-20(25)15-6-9-24(10-7-15)21(26)17-3-4-18-16(12-17)8-11-27-18/h2-5,12-13,15H,6-11H2,1H3,(H,22,23,25). The Labute approximate surface area is 158 Å². The van der Waals surface area contributed by atoms with Crippen LogP contribution in [0.4, 0.5) is 5.82 Å². The Hall–Kier alpha value is -2.89. The van der Waals surface area contributed by atoms with Gasteiger partial charge in [-0.1, -0.05) is 6.07 Å². The van der Waals surface area contributed by atoms with Gasteiger partial charge in [0.1, 0.15) is 11.6 Å². The van der Waals surface area contributed by atoms with Crippen LogP contribution in [0, 0.1) is 12.8 Å². The monoisotopic (exact) mass is 365 g/mol. The lowest BCUT2D eigenvalue weighted by Gasteiger charge is -2.31. The third-order valence-electron chi connectivity index (χ3n) is 5.25. The van der Waals surface area contributed by atoms with E-state index in [0.29, 0.717) is 43.9 Å². The topological polar surface area (TPSA) is 71.5 Å². The van der Waals surface area contributed by atoms with E-state index in [2.05, 4.69) is 10.3 Å². The maximum Gasteiger partial charge on any atom is 0.253 e. The molecule has 2 amide bonds. The predicted molar refractivity (Wildman–Crippen MR) is 102 cm³/mol. The van der Waals surface area contributed by atoms with Crippen molar-refractivity contribution in [2.45, 2.75) is 26.2 Å². The number of fused-ring (bicyclic) bond motifs is 1. The van der Waals surface area contributed by atoms with Crippen molar-refractivity contribution in [3.63, 3.8) is 0 Å². The van der Waals surface area contributed by atoms with Crippen molar-refractivity contribution < 1.29 is 14.3 Å². The van der Waals surface area contributed by atoms with Gasteiger partial charge >= 0.3 is 0 Å². The third-order valence-corrected chi connectivity index (χ3v) is 5.25. The highest BCUT2D eigenvalue weighted by Crippen LogP contribution is 2.27. The van der Waals surface area contributed by atoms with Gasteiger partial charge in [0, 0.05) is 37.2 Å². The lowest BCUT2D eigenvalue weighted by atomic mass is 9.95. The SMILES string of the molecule is Cc1ccc(NC(=O)C2CCN(C(=O)c3ccc4c(c3)CCO4)CC2)nc1. The van der Waals surface area contributed by atoms with Crippen LogP contribution in [0.2, 0.25) is 0 Å². The fourth-order valence-corrected chi connectivity index (χ4v) is 3.62. The molecule has 6 heteroatoms. The van der Waals surface area contributed by atoms with E-state index in [1.54, 1.807) is 6.20 Å². The molecule has 3 heterocycles. The number of carbonyl (C=O) groups excluding carboxylic acids is 2. The van der Waals surface area contributed by atoms with E-state index in [9.17, 15) is 9.59 Å². The van der Waals surface area contributed by atoms with Crippen LogP contribution in [-0.4, -0.2) is 41.4 Å². The van der Waals surface area contributed by atoms with E-state index >= 15 is 0 Å². The molecule has 0 saturated carbocycles. The Morgan fingerprint density at radius 2 is 2.00 bits per heavy atom. The molecule has 0 radical (unpaired) electrons. The van der Waals surface area contributed by atoms with E-state index in [1.165, 1.54) is 0 Å². The molecule has 1 N–H and O–H groups in total. The van der Waals surface area contributed by atoms with Crippen LogP contribution in [0.3, 0.4) is 0 Å². The number of rotatable bonds is 3. The number of hydrogen-bond acceptors (Lipinski definition) is 4. The predicted octanol–water partition coefficient (Wildman–Crippen LogP) is 2.82. The molecular formula is C21H23N3O3. The van der Waals surface area contributed by atoms with Gasteiger partial charge in [-0.05, 0) is 55.2 Å². The molecule has 0 spiro atoms. The van der Waals surface area contributed by atoms with Gasteiger partial charge in [0.2, 0.25) is 5.91 Å². The Kier molecular flexibility index (Phi) is 4.79. The first kappa shape index (κ1) is 17.5. The molecule has 2 aromatic rings. The summed E-state index contributed by atoms with van der Waals surface area (Å²) in [5.74, 6) is 1.37. The highest BCUT2D eigenvalue weighted by Gasteiger charge is 2.28. The summed E-state index contributed by atoms with van der Waals surface area (Å²) in [4.78, 5) is 31.3. The molecule has 140 valence electrons. The summed E-state index contributed by atoms with van der Waals surface area (Å²) < 4.78 is 5.50. The molecule has 1 saturated heterocycles. The summed E-state index contributed by atoms with van der Waals surface area (Å²) in [5.41, 5.74) is 2.85. The average molecular weight is 365 g/mol. The van der Waals surface area contributed by atoms with Crippen LogP contribution in [0.15, 0.2) is 36.5 Å². The zero-order valence-electron chi connectivity index (χ0n) is 15.4. The molecule has 2 aliphatic rings. The summed E-state index contributed by atoms with van der Waals surface area (Å²) in [5, 5.41) is 2.88. The number of amides is 2. The second kappa shape index (κ2) is 7.39. The zero-order chi connectivity index (χ0) is 18.8. The van der Waals surface area contributed by atoms with Crippen LogP contribution in [0.1, 0.15) is 34.3 Å². The summed E-state index contributed by atoms with van der Waals surface area (Å²) in [6.45, 7) is 3.82. The zero-order valence-corrected chi connectivity index (χ0v) is 15.4. The Morgan fingerprint density at radius 3 is 2.74 bits per heavy atom. The molecule has 0 unspecified atom stereocenters. The van der Waals surface area contributed by atoms with Gasteiger partial charge in [-0.3, -0.25) is 9.59 Å². The van der Waals surface area contributed by atoms with Gasteiger partial charge in [-0.15, -0.1) is 0 Å². The van der Waals surface area contributed by atoms with Crippen LogP contribution in [-0.2, 0) is 11.2 Å². The second-order valence-corrected chi connectivity index (χ2v) is 7.20. The number of carbonyl (C=O) groups is 2. The minimum atomic E-state index is -0.0921. The maximum atomic E-state index is 12.8. The number of aryl methyl sites for hydroxylation is 1. The highest BCUT2D eigenvalue weighted by molar-refractivity contribution is 5.95. The molecule has 4 rings (SSSR count). The minimum Gasteiger partial charge on any atom is -0.493 e.